The second-order valence-corrected chi connectivity index (χ2v) is 6.35. The summed E-state index contributed by atoms with van der Waals surface area (Å²) in [7, 11) is 0. The molecule has 0 spiro atoms. The van der Waals surface area contributed by atoms with E-state index in [1.807, 2.05) is 30.3 Å². The number of thioether (sulfide) groups is 1. The lowest BCUT2D eigenvalue weighted by Crippen LogP contribution is -2.32. The second kappa shape index (κ2) is 7.79. The summed E-state index contributed by atoms with van der Waals surface area (Å²) in [4.78, 5) is 14.2. The summed E-state index contributed by atoms with van der Waals surface area (Å²) in [6.07, 6.45) is 5.45. The first-order valence-corrected chi connectivity index (χ1v) is 8.43. The van der Waals surface area contributed by atoms with Gasteiger partial charge >= 0.3 is 0 Å². The molecule has 122 valence electrons. The molecule has 0 saturated carbocycles. The second-order valence-electron chi connectivity index (χ2n) is 5.18. The smallest absolute Gasteiger partial charge is 0.242 e. The van der Waals surface area contributed by atoms with E-state index in [0.717, 1.165) is 5.56 Å². The van der Waals surface area contributed by atoms with E-state index in [9.17, 15) is 4.79 Å². The van der Waals surface area contributed by atoms with Crippen LogP contribution in [0.4, 0.5) is 0 Å². The minimum absolute atomic E-state index is 0.0377. The van der Waals surface area contributed by atoms with Crippen molar-refractivity contribution in [1.29, 1.82) is 0 Å². The Hall–Kier alpha value is -2.60. The molecule has 2 aromatic rings. The molecule has 0 bridgehead atoms. The van der Waals surface area contributed by atoms with Gasteiger partial charge in [0, 0.05) is 6.54 Å². The van der Waals surface area contributed by atoms with Gasteiger partial charge in [0.15, 0.2) is 5.17 Å². The van der Waals surface area contributed by atoms with E-state index in [4.69, 9.17) is 4.42 Å². The minimum atomic E-state index is -0.190. The molecule has 0 aliphatic carbocycles. The van der Waals surface area contributed by atoms with E-state index < -0.39 is 0 Å². The highest BCUT2D eigenvalue weighted by atomic mass is 32.2. The number of benzene rings is 1. The van der Waals surface area contributed by atoms with Crippen LogP contribution in [0.5, 0.6) is 0 Å². The summed E-state index contributed by atoms with van der Waals surface area (Å²) in [5, 5.41) is 8.61. The largest absolute Gasteiger partial charge is 0.463 e. The van der Waals surface area contributed by atoms with Crippen molar-refractivity contribution < 1.29 is 9.21 Å². The minimum Gasteiger partial charge on any atom is -0.463 e. The quantitative estimate of drug-likeness (QED) is 0.461. The number of hydrogen-bond acceptors (Lipinski definition) is 5. The standard InChI is InChI=1S/C18H17N3O2S/c1-2-10-21-17(22)16(12-14-7-4-3-5-8-14)24-18(21)20-19-13-15-9-6-11-23-15/h2-9,11,13,16H,1,10,12H2/b19-13+,20-18+. The molecule has 1 aliphatic heterocycles. The summed E-state index contributed by atoms with van der Waals surface area (Å²) in [6, 6.07) is 13.5. The number of furan rings is 1. The van der Waals surface area contributed by atoms with Crippen LogP contribution in [-0.4, -0.2) is 34.0 Å². The molecule has 0 radical (unpaired) electrons. The Morgan fingerprint density at radius 1 is 1.25 bits per heavy atom. The van der Waals surface area contributed by atoms with Crippen LogP contribution in [-0.2, 0) is 11.2 Å². The maximum atomic E-state index is 12.6. The van der Waals surface area contributed by atoms with Crippen LogP contribution in [0.1, 0.15) is 11.3 Å². The molecule has 1 saturated heterocycles. The molecule has 3 rings (SSSR count). The van der Waals surface area contributed by atoms with Crippen LogP contribution in [0.2, 0.25) is 0 Å². The number of amides is 1. The highest BCUT2D eigenvalue weighted by molar-refractivity contribution is 8.15. The number of rotatable bonds is 6. The average Bonchev–Trinajstić information content (AvgIpc) is 3.20. The molecule has 24 heavy (non-hydrogen) atoms. The van der Waals surface area contributed by atoms with Crippen LogP contribution in [0.15, 0.2) is 76.0 Å². The predicted molar refractivity (Wildman–Crippen MR) is 97.2 cm³/mol. The third-order valence-corrected chi connectivity index (χ3v) is 4.63. The molecular weight excluding hydrogens is 322 g/mol. The summed E-state index contributed by atoms with van der Waals surface area (Å²) in [5.74, 6) is 0.653. The molecule has 1 amide bonds. The first-order valence-electron chi connectivity index (χ1n) is 7.55. The van der Waals surface area contributed by atoms with Crippen molar-refractivity contribution in [2.45, 2.75) is 11.7 Å². The van der Waals surface area contributed by atoms with Crippen molar-refractivity contribution in [2.75, 3.05) is 6.54 Å². The van der Waals surface area contributed by atoms with Crippen LogP contribution < -0.4 is 0 Å². The van der Waals surface area contributed by atoms with Crippen LogP contribution in [0.25, 0.3) is 0 Å². The Labute approximate surface area is 144 Å². The highest BCUT2D eigenvalue weighted by Crippen LogP contribution is 2.29. The molecule has 5 nitrogen and oxygen atoms in total. The lowest BCUT2D eigenvalue weighted by molar-refractivity contribution is -0.125. The molecular formula is C18H17N3O2S. The average molecular weight is 339 g/mol. The highest BCUT2D eigenvalue weighted by Gasteiger charge is 2.37. The number of amidine groups is 1. The third-order valence-electron chi connectivity index (χ3n) is 3.47. The van der Waals surface area contributed by atoms with E-state index in [2.05, 4.69) is 16.8 Å². The SMILES string of the molecule is C=CCN1C(=O)C(Cc2ccccc2)S/C1=N/N=C/c1ccco1. The Kier molecular flexibility index (Phi) is 5.28. The van der Waals surface area contributed by atoms with Crippen molar-refractivity contribution in [3.05, 3.63) is 72.7 Å². The van der Waals surface area contributed by atoms with E-state index in [-0.39, 0.29) is 11.2 Å². The lowest BCUT2D eigenvalue weighted by Gasteiger charge is -2.12. The first-order chi connectivity index (χ1) is 11.8. The van der Waals surface area contributed by atoms with Gasteiger partial charge in [0.05, 0.1) is 17.7 Å². The molecule has 1 aromatic heterocycles. The van der Waals surface area contributed by atoms with E-state index in [1.165, 1.54) is 18.0 Å². The van der Waals surface area contributed by atoms with Crippen LogP contribution in [0.3, 0.4) is 0 Å². The van der Waals surface area contributed by atoms with Crippen molar-refractivity contribution >= 4 is 29.1 Å². The van der Waals surface area contributed by atoms with E-state index >= 15 is 0 Å². The molecule has 1 aliphatic rings. The van der Waals surface area contributed by atoms with Gasteiger partial charge in [-0.25, -0.2) is 0 Å². The third kappa shape index (κ3) is 3.83. The number of carbonyl (C=O) groups is 1. The van der Waals surface area contributed by atoms with Gasteiger partial charge in [-0.3, -0.25) is 9.69 Å². The molecule has 0 N–H and O–H groups in total. The zero-order valence-electron chi connectivity index (χ0n) is 13.0. The summed E-state index contributed by atoms with van der Waals surface area (Å²) < 4.78 is 5.17. The van der Waals surface area contributed by atoms with Crippen molar-refractivity contribution in [1.82, 2.24) is 4.90 Å². The maximum absolute atomic E-state index is 12.6. The van der Waals surface area contributed by atoms with Gasteiger partial charge in [0.25, 0.3) is 0 Å². The molecule has 1 fully saturated rings. The molecule has 1 atom stereocenters. The fourth-order valence-electron chi connectivity index (χ4n) is 2.34. The Balaban J connectivity index is 1.75. The molecule has 6 heteroatoms. The Bertz CT molecular complexity index is 754. The first kappa shape index (κ1) is 16.3. The summed E-state index contributed by atoms with van der Waals surface area (Å²) in [5.41, 5.74) is 1.13. The zero-order valence-corrected chi connectivity index (χ0v) is 13.9. The number of nitrogens with zero attached hydrogens (tertiary/aromatic N) is 3. The van der Waals surface area contributed by atoms with Gasteiger partial charge in [-0.1, -0.05) is 48.2 Å². The van der Waals surface area contributed by atoms with Gasteiger partial charge in [0.1, 0.15) is 5.76 Å². The zero-order chi connectivity index (χ0) is 16.8. The summed E-state index contributed by atoms with van der Waals surface area (Å²) in [6.45, 7) is 4.13. The fourth-order valence-corrected chi connectivity index (χ4v) is 3.49. The van der Waals surface area contributed by atoms with Crippen LogP contribution >= 0.6 is 11.8 Å². The molecule has 1 unspecified atom stereocenters. The van der Waals surface area contributed by atoms with Crippen molar-refractivity contribution in [3.8, 4) is 0 Å². The maximum Gasteiger partial charge on any atom is 0.242 e. The van der Waals surface area contributed by atoms with Crippen molar-refractivity contribution in [3.63, 3.8) is 0 Å². The molecule has 1 aromatic carbocycles. The Morgan fingerprint density at radius 3 is 2.79 bits per heavy atom. The molecule has 2 heterocycles. The van der Waals surface area contributed by atoms with Crippen molar-refractivity contribution in [2.24, 2.45) is 10.2 Å². The fraction of sp³-hybridized carbons (Fsp3) is 0.167. The lowest BCUT2D eigenvalue weighted by atomic mass is 10.1. The normalized spacial score (nSPS) is 19.5. The monoisotopic (exact) mass is 339 g/mol. The van der Waals surface area contributed by atoms with Gasteiger partial charge in [0.2, 0.25) is 5.91 Å². The van der Waals surface area contributed by atoms with Gasteiger partial charge in [-0.15, -0.1) is 11.7 Å². The van der Waals surface area contributed by atoms with Gasteiger partial charge < -0.3 is 4.42 Å². The van der Waals surface area contributed by atoms with Crippen LogP contribution in [0, 0.1) is 0 Å². The van der Waals surface area contributed by atoms with E-state index in [1.54, 1.807) is 29.4 Å². The van der Waals surface area contributed by atoms with Gasteiger partial charge in [-0.05, 0) is 24.1 Å². The van der Waals surface area contributed by atoms with Gasteiger partial charge in [-0.2, -0.15) is 5.10 Å². The summed E-state index contributed by atoms with van der Waals surface area (Å²) >= 11 is 1.43. The number of hydrogen-bond donors (Lipinski definition) is 0. The topological polar surface area (TPSA) is 58.2 Å². The van der Waals surface area contributed by atoms with E-state index in [0.29, 0.717) is 23.9 Å². The number of carbonyl (C=O) groups excluding carboxylic acids is 1. The Morgan fingerprint density at radius 2 is 2.08 bits per heavy atom. The predicted octanol–water partition coefficient (Wildman–Crippen LogP) is 3.34.